The Kier molecular flexibility index (Phi) is 3.95. The van der Waals surface area contributed by atoms with Gasteiger partial charge in [-0.2, -0.15) is 0 Å². The molecule has 0 bridgehead atoms. The van der Waals surface area contributed by atoms with E-state index in [-0.39, 0.29) is 0 Å². The lowest BCUT2D eigenvalue weighted by atomic mass is 9.81. The zero-order chi connectivity index (χ0) is 12.9. The fourth-order valence-electron chi connectivity index (χ4n) is 3.15. The van der Waals surface area contributed by atoms with Crippen LogP contribution in [0.15, 0.2) is 60.7 Å². The summed E-state index contributed by atoms with van der Waals surface area (Å²) in [5, 5.41) is 3.51. The largest absolute Gasteiger partial charge is 0.316 e. The van der Waals surface area contributed by atoms with Crippen molar-refractivity contribution in [1.29, 1.82) is 0 Å². The first-order chi connectivity index (χ1) is 9.43. The maximum Gasteiger partial charge on any atom is -0.00141 e. The average molecular weight is 251 g/mol. The Balaban J connectivity index is 1.84. The zero-order valence-corrected chi connectivity index (χ0v) is 11.3. The lowest BCUT2D eigenvalue weighted by molar-refractivity contribution is 0.455. The average Bonchev–Trinajstić information content (AvgIpc) is 3.01. The molecule has 2 unspecified atom stereocenters. The van der Waals surface area contributed by atoms with Gasteiger partial charge < -0.3 is 5.32 Å². The highest BCUT2D eigenvalue weighted by molar-refractivity contribution is 5.25. The van der Waals surface area contributed by atoms with E-state index in [1.165, 1.54) is 24.1 Å². The Labute approximate surface area is 115 Å². The molecule has 1 nitrogen and oxygen atoms in total. The van der Waals surface area contributed by atoms with E-state index in [9.17, 15) is 0 Å². The van der Waals surface area contributed by atoms with Crippen LogP contribution in [0.25, 0.3) is 0 Å². The second kappa shape index (κ2) is 6.03. The molecule has 0 aliphatic carbocycles. The predicted octanol–water partition coefficient (Wildman–Crippen LogP) is 3.62. The summed E-state index contributed by atoms with van der Waals surface area (Å²) in [6, 6.07) is 21.9. The molecule has 1 saturated heterocycles. The molecule has 0 amide bonds. The van der Waals surface area contributed by atoms with E-state index in [0.717, 1.165) is 18.9 Å². The highest BCUT2D eigenvalue weighted by Gasteiger charge is 2.26. The van der Waals surface area contributed by atoms with Gasteiger partial charge in [-0.05, 0) is 48.9 Å². The molecule has 2 atom stereocenters. The quantitative estimate of drug-likeness (QED) is 0.875. The van der Waals surface area contributed by atoms with Gasteiger partial charge in [0.15, 0.2) is 0 Å². The Morgan fingerprint density at radius 3 is 2.26 bits per heavy atom. The highest BCUT2D eigenvalue weighted by Crippen LogP contribution is 2.32. The fraction of sp³-hybridized carbons (Fsp3) is 0.333. The molecule has 1 fully saturated rings. The van der Waals surface area contributed by atoms with Crippen LogP contribution in [0, 0.1) is 5.92 Å². The smallest absolute Gasteiger partial charge is 0.00141 e. The van der Waals surface area contributed by atoms with Gasteiger partial charge in [0, 0.05) is 0 Å². The second-order valence-electron chi connectivity index (χ2n) is 5.46. The van der Waals surface area contributed by atoms with Crippen molar-refractivity contribution in [3.8, 4) is 0 Å². The van der Waals surface area contributed by atoms with Crippen LogP contribution < -0.4 is 5.32 Å². The molecule has 19 heavy (non-hydrogen) atoms. The molecule has 0 spiro atoms. The summed E-state index contributed by atoms with van der Waals surface area (Å²) < 4.78 is 0. The molecule has 1 aliphatic heterocycles. The number of benzene rings is 2. The van der Waals surface area contributed by atoms with Crippen LogP contribution >= 0.6 is 0 Å². The van der Waals surface area contributed by atoms with Crippen molar-refractivity contribution in [3.05, 3.63) is 71.8 Å². The first-order valence-electron chi connectivity index (χ1n) is 7.23. The van der Waals surface area contributed by atoms with Gasteiger partial charge in [0.2, 0.25) is 0 Å². The van der Waals surface area contributed by atoms with Crippen molar-refractivity contribution >= 4 is 0 Å². The van der Waals surface area contributed by atoms with Gasteiger partial charge in [0.05, 0.1) is 0 Å². The highest BCUT2D eigenvalue weighted by atomic mass is 14.9. The van der Waals surface area contributed by atoms with Gasteiger partial charge >= 0.3 is 0 Å². The zero-order valence-electron chi connectivity index (χ0n) is 11.3. The van der Waals surface area contributed by atoms with Crippen LogP contribution in [0.2, 0.25) is 0 Å². The van der Waals surface area contributed by atoms with Gasteiger partial charge in [-0.25, -0.2) is 0 Å². The first kappa shape index (κ1) is 12.4. The minimum absolute atomic E-state index is 0.638. The number of hydrogen-bond acceptors (Lipinski definition) is 1. The summed E-state index contributed by atoms with van der Waals surface area (Å²) in [5.74, 6) is 1.40. The normalized spacial score (nSPS) is 20.3. The Morgan fingerprint density at radius 1 is 0.947 bits per heavy atom. The van der Waals surface area contributed by atoms with E-state index < -0.39 is 0 Å². The standard InChI is InChI=1S/C18H21N/c1-3-7-15(8-4-1)13-18(17-11-12-19-14-17)16-9-5-2-6-10-16/h1-10,17-19H,11-14H2. The van der Waals surface area contributed by atoms with Gasteiger partial charge in [-0.15, -0.1) is 0 Å². The summed E-state index contributed by atoms with van der Waals surface area (Å²) in [6.45, 7) is 2.33. The predicted molar refractivity (Wildman–Crippen MR) is 80.3 cm³/mol. The lowest BCUT2D eigenvalue weighted by Crippen LogP contribution is -2.18. The van der Waals surface area contributed by atoms with Gasteiger partial charge in [0.25, 0.3) is 0 Å². The van der Waals surface area contributed by atoms with Crippen molar-refractivity contribution in [2.75, 3.05) is 13.1 Å². The van der Waals surface area contributed by atoms with Crippen molar-refractivity contribution in [2.45, 2.75) is 18.8 Å². The minimum Gasteiger partial charge on any atom is -0.316 e. The Morgan fingerprint density at radius 2 is 1.63 bits per heavy atom. The monoisotopic (exact) mass is 251 g/mol. The van der Waals surface area contributed by atoms with Crippen molar-refractivity contribution in [3.63, 3.8) is 0 Å². The summed E-state index contributed by atoms with van der Waals surface area (Å²) >= 11 is 0. The molecule has 0 aromatic heterocycles. The lowest BCUT2D eigenvalue weighted by Gasteiger charge is -2.23. The summed E-state index contributed by atoms with van der Waals surface area (Å²) in [6.07, 6.45) is 2.45. The van der Waals surface area contributed by atoms with Gasteiger partial charge in [-0.1, -0.05) is 60.7 Å². The summed E-state index contributed by atoms with van der Waals surface area (Å²) in [7, 11) is 0. The van der Waals surface area contributed by atoms with Crippen LogP contribution in [0.1, 0.15) is 23.5 Å². The topological polar surface area (TPSA) is 12.0 Å². The summed E-state index contributed by atoms with van der Waals surface area (Å²) in [5.41, 5.74) is 2.93. The SMILES string of the molecule is c1ccc(CC(c2ccccc2)C2CCNC2)cc1. The molecule has 0 radical (unpaired) electrons. The molecular weight excluding hydrogens is 230 g/mol. The fourth-order valence-corrected chi connectivity index (χ4v) is 3.15. The molecule has 2 aromatic rings. The molecule has 1 heteroatoms. The molecule has 1 aliphatic rings. The van der Waals surface area contributed by atoms with Crippen LogP contribution in [0.5, 0.6) is 0 Å². The van der Waals surface area contributed by atoms with E-state index in [0.29, 0.717) is 5.92 Å². The number of rotatable bonds is 4. The van der Waals surface area contributed by atoms with Crippen LogP contribution in [-0.2, 0) is 6.42 Å². The maximum atomic E-state index is 3.51. The Bertz CT molecular complexity index is 486. The summed E-state index contributed by atoms with van der Waals surface area (Å²) in [4.78, 5) is 0. The van der Waals surface area contributed by atoms with Crippen LogP contribution in [0.4, 0.5) is 0 Å². The number of hydrogen-bond donors (Lipinski definition) is 1. The molecule has 3 rings (SSSR count). The van der Waals surface area contributed by atoms with E-state index in [1.54, 1.807) is 0 Å². The Hall–Kier alpha value is -1.60. The van der Waals surface area contributed by atoms with Gasteiger partial charge in [0.1, 0.15) is 0 Å². The molecule has 1 heterocycles. The van der Waals surface area contributed by atoms with Crippen molar-refractivity contribution in [2.24, 2.45) is 5.92 Å². The molecular formula is C18H21N. The van der Waals surface area contributed by atoms with Crippen molar-refractivity contribution < 1.29 is 0 Å². The minimum atomic E-state index is 0.638. The molecule has 2 aromatic carbocycles. The van der Waals surface area contributed by atoms with Crippen LogP contribution in [0.3, 0.4) is 0 Å². The van der Waals surface area contributed by atoms with Crippen LogP contribution in [-0.4, -0.2) is 13.1 Å². The molecule has 0 saturated carbocycles. The van der Waals surface area contributed by atoms with E-state index >= 15 is 0 Å². The van der Waals surface area contributed by atoms with Gasteiger partial charge in [-0.3, -0.25) is 0 Å². The molecule has 1 N–H and O–H groups in total. The molecule has 98 valence electrons. The third-order valence-corrected chi connectivity index (χ3v) is 4.19. The van der Waals surface area contributed by atoms with Crippen molar-refractivity contribution in [1.82, 2.24) is 5.32 Å². The third kappa shape index (κ3) is 3.05. The maximum absolute atomic E-state index is 3.51. The number of nitrogens with one attached hydrogen (secondary N) is 1. The van der Waals surface area contributed by atoms with E-state index in [1.807, 2.05) is 0 Å². The van der Waals surface area contributed by atoms with E-state index in [2.05, 4.69) is 66.0 Å². The third-order valence-electron chi connectivity index (χ3n) is 4.19. The first-order valence-corrected chi connectivity index (χ1v) is 7.23. The van der Waals surface area contributed by atoms with E-state index in [4.69, 9.17) is 0 Å². The second-order valence-corrected chi connectivity index (χ2v) is 5.46.